The number of thiazole rings is 1. The fourth-order valence-corrected chi connectivity index (χ4v) is 1.91. The van der Waals surface area contributed by atoms with Crippen molar-refractivity contribution in [1.82, 2.24) is 9.97 Å². The van der Waals surface area contributed by atoms with Crippen molar-refractivity contribution in [3.05, 3.63) is 28.3 Å². The van der Waals surface area contributed by atoms with Crippen LogP contribution in [0.15, 0.2) is 18.5 Å². The molecule has 4 heteroatoms. The van der Waals surface area contributed by atoms with Crippen LogP contribution in [0, 0.1) is 18.3 Å². The van der Waals surface area contributed by atoms with E-state index in [0.29, 0.717) is 4.88 Å². The van der Waals surface area contributed by atoms with Gasteiger partial charge in [-0.05, 0) is 13.0 Å². The number of hydrogen-bond donors (Lipinski definition) is 1. The molecule has 2 heterocycles. The van der Waals surface area contributed by atoms with Gasteiger partial charge in [-0.1, -0.05) is 0 Å². The maximum Gasteiger partial charge on any atom is 0.132 e. The van der Waals surface area contributed by atoms with Gasteiger partial charge in [-0.15, -0.1) is 11.3 Å². The lowest BCUT2D eigenvalue weighted by Gasteiger charge is -1.88. The Hall–Kier alpha value is -1.60. The molecule has 0 aliphatic carbocycles. The minimum Gasteiger partial charge on any atom is -0.367 e. The van der Waals surface area contributed by atoms with Crippen molar-refractivity contribution in [1.29, 1.82) is 5.26 Å². The predicted molar refractivity (Wildman–Crippen MR) is 51.4 cm³/mol. The molecule has 0 bridgehead atoms. The van der Waals surface area contributed by atoms with Gasteiger partial charge in [-0.2, -0.15) is 5.26 Å². The topological polar surface area (TPSA) is 52.5 Å². The summed E-state index contributed by atoms with van der Waals surface area (Å²) in [5, 5.41) is 9.76. The van der Waals surface area contributed by atoms with Gasteiger partial charge < -0.3 is 4.98 Å². The third kappa shape index (κ3) is 1.34. The molecule has 2 rings (SSSR count). The third-order valence-electron chi connectivity index (χ3n) is 1.71. The van der Waals surface area contributed by atoms with Crippen molar-refractivity contribution in [2.45, 2.75) is 6.92 Å². The Labute approximate surface area is 79.7 Å². The van der Waals surface area contributed by atoms with Crippen molar-refractivity contribution in [3.63, 3.8) is 0 Å². The van der Waals surface area contributed by atoms with Crippen LogP contribution in [0.1, 0.15) is 9.88 Å². The van der Waals surface area contributed by atoms with Crippen LogP contribution in [0.5, 0.6) is 0 Å². The summed E-state index contributed by atoms with van der Waals surface area (Å²) in [7, 11) is 0. The van der Waals surface area contributed by atoms with Gasteiger partial charge >= 0.3 is 0 Å². The van der Waals surface area contributed by atoms with E-state index < -0.39 is 0 Å². The molecule has 2 aromatic rings. The average Bonchev–Trinajstić information content (AvgIpc) is 2.71. The lowest BCUT2D eigenvalue weighted by atomic mass is 10.2. The number of H-pyrrole nitrogens is 1. The molecule has 3 nitrogen and oxygen atoms in total. The molecule has 0 saturated carbocycles. The van der Waals surface area contributed by atoms with Crippen molar-refractivity contribution < 1.29 is 0 Å². The number of rotatable bonds is 1. The third-order valence-corrected chi connectivity index (χ3v) is 2.58. The van der Waals surface area contributed by atoms with Crippen LogP contribution < -0.4 is 0 Å². The quantitative estimate of drug-likeness (QED) is 0.748. The lowest BCUT2D eigenvalue weighted by Crippen LogP contribution is -1.77. The van der Waals surface area contributed by atoms with Gasteiger partial charge in [-0.3, -0.25) is 0 Å². The van der Waals surface area contributed by atoms with Crippen molar-refractivity contribution in [2.75, 3.05) is 0 Å². The molecule has 0 aliphatic heterocycles. The first-order valence-electron chi connectivity index (χ1n) is 3.82. The maximum atomic E-state index is 8.84. The molecule has 0 amide bonds. The van der Waals surface area contributed by atoms with E-state index in [2.05, 4.69) is 16.0 Å². The Morgan fingerprint density at radius 2 is 2.46 bits per heavy atom. The van der Waals surface area contributed by atoms with Gasteiger partial charge in [0.1, 0.15) is 16.6 Å². The van der Waals surface area contributed by atoms with E-state index in [1.54, 1.807) is 0 Å². The smallest absolute Gasteiger partial charge is 0.132 e. The molecule has 0 fully saturated rings. The number of nitrogens with zero attached hydrogens (tertiary/aromatic N) is 2. The van der Waals surface area contributed by atoms with Gasteiger partial charge in [0.05, 0.1) is 5.01 Å². The summed E-state index contributed by atoms with van der Waals surface area (Å²) in [6, 6.07) is 4.06. The molecule has 64 valence electrons. The van der Waals surface area contributed by atoms with E-state index in [1.807, 2.05) is 25.4 Å². The van der Waals surface area contributed by atoms with Gasteiger partial charge in [0, 0.05) is 18.0 Å². The minimum absolute atomic E-state index is 0.678. The second kappa shape index (κ2) is 3.04. The van der Waals surface area contributed by atoms with E-state index in [0.717, 1.165) is 16.3 Å². The SMILES string of the molecule is Cc1nc(-c2cc[nH]c2)c(C#N)s1. The minimum atomic E-state index is 0.678. The number of nitriles is 1. The van der Waals surface area contributed by atoms with Crippen LogP contribution in [0.2, 0.25) is 0 Å². The number of hydrogen-bond acceptors (Lipinski definition) is 3. The molecule has 0 aromatic carbocycles. The number of aryl methyl sites for hydroxylation is 1. The van der Waals surface area contributed by atoms with Gasteiger partial charge in [0.2, 0.25) is 0 Å². The van der Waals surface area contributed by atoms with Crippen LogP contribution >= 0.6 is 11.3 Å². The Morgan fingerprint density at radius 3 is 3.08 bits per heavy atom. The van der Waals surface area contributed by atoms with Crippen LogP contribution in [-0.4, -0.2) is 9.97 Å². The molecule has 1 N–H and O–H groups in total. The summed E-state index contributed by atoms with van der Waals surface area (Å²) in [4.78, 5) is 7.92. The molecule has 0 spiro atoms. The molecule has 0 radical (unpaired) electrons. The zero-order valence-electron chi connectivity index (χ0n) is 7.03. The molecular formula is C9H7N3S. The number of aromatic nitrogens is 2. The van der Waals surface area contributed by atoms with E-state index in [-0.39, 0.29) is 0 Å². The summed E-state index contributed by atoms with van der Waals surface area (Å²) in [6.07, 6.45) is 3.67. The van der Waals surface area contributed by atoms with Gasteiger partial charge in [-0.25, -0.2) is 4.98 Å². The second-order valence-corrected chi connectivity index (χ2v) is 3.83. The molecule has 0 unspecified atom stereocenters. The first kappa shape index (κ1) is 8.02. The molecule has 0 saturated heterocycles. The Morgan fingerprint density at radius 1 is 1.62 bits per heavy atom. The average molecular weight is 189 g/mol. The van der Waals surface area contributed by atoms with E-state index in [4.69, 9.17) is 5.26 Å². The first-order valence-corrected chi connectivity index (χ1v) is 4.63. The molecule has 0 aliphatic rings. The fraction of sp³-hybridized carbons (Fsp3) is 0.111. The highest BCUT2D eigenvalue weighted by molar-refractivity contribution is 7.12. The summed E-state index contributed by atoms with van der Waals surface area (Å²) >= 11 is 1.43. The van der Waals surface area contributed by atoms with Crippen LogP contribution in [-0.2, 0) is 0 Å². The fourth-order valence-electron chi connectivity index (χ4n) is 1.17. The van der Waals surface area contributed by atoms with Crippen LogP contribution in [0.4, 0.5) is 0 Å². The molecular weight excluding hydrogens is 182 g/mol. The normalized spacial score (nSPS) is 9.85. The summed E-state index contributed by atoms with van der Waals surface area (Å²) in [6.45, 7) is 1.90. The van der Waals surface area contributed by atoms with E-state index in [9.17, 15) is 0 Å². The number of aromatic amines is 1. The standard InChI is InChI=1S/C9H7N3S/c1-6-12-9(8(4-10)13-6)7-2-3-11-5-7/h2-3,5,11H,1H3. The summed E-state index contributed by atoms with van der Waals surface area (Å²) in [5.41, 5.74) is 1.76. The molecule has 2 aromatic heterocycles. The maximum absolute atomic E-state index is 8.84. The largest absolute Gasteiger partial charge is 0.367 e. The van der Waals surface area contributed by atoms with E-state index in [1.165, 1.54) is 11.3 Å². The summed E-state index contributed by atoms with van der Waals surface area (Å²) in [5.74, 6) is 0. The highest BCUT2D eigenvalue weighted by Gasteiger charge is 2.10. The first-order chi connectivity index (χ1) is 6.31. The Kier molecular flexibility index (Phi) is 1.87. The van der Waals surface area contributed by atoms with Crippen molar-refractivity contribution >= 4 is 11.3 Å². The Balaban J connectivity index is 2.59. The highest BCUT2D eigenvalue weighted by atomic mass is 32.1. The number of nitrogens with one attached hydrogen (secondary N) is 1. The lowest BCUT2D eigenvalue weighted by molar-refractivity contribution is 1.29. The zero-order chi connectivity index (χ0) is 9.26. The Bertz CT molecular complexity index is 448. The van der Waals surface area contributed by atoms with Gasteiger partial charge in [0.15, 0.2) is 0 Å². The highest BCUT2D eigenvalue weighted by Crippen LogP contribution is 2.26. The predicted octanol–water partition coefficient (Wildman–Crippen LogP) is 2.32. The van der Waals surface area contributed by atoms with E-state index >= 15 is 0 Å². The zero-order valence-corrected chi connectivity index (χ0v) is 7.85. The second-order valence-electron chi connectivity index (χ2n) is 2.62. The summed E-state index contributed by atoms with van der Waals surface area (Å²) < 4.78 is 0. The monoisotopic (exact) mass is 189 g/mol. The van der Waals surface area contributed by atoms with Gasteiger partial charge in [0.25, 0.3) is 0 Å². The molecule has 0 atom stereocenters. The van der Waals surface area contributed by atoms with Crippen LogP contribution in [0.25, 0.3) is 11.3 Å². The van der Waals surface area contributed by atoms with Crippen molar-refractivity contribution in [2.24, 2.45) is 0 Å². The van der Waals surface area contributed by atoms with Crippen molar-refractivity contribution in [3.8, 4) is 17.3 Å². The molecule has 13 heavy (non-hydrogen) atoms. The van der Waals surface area contributed by atoms with Crippen LogP contribution in [0.3, 0.4) is 0 Å².